The second-order valence-electron chi connectivity index (χ2n) is 9.18. The molecule has 8 heteroatoms. The molecule has 198 valence electrons. The van der Waals surface area contributed by atoms with Crippen molar-refractivity contribution in [1.82, 2.24) is 0 Å². The number of carboxylic acid groups (broad SMARTS) is 1. The quantitative estimate of drug-likeness (QED) is 0.117. The van der Waals surface area contributed by atoms with Crippen molar-refractivity contribution in [1.29, 1.82) is 0 Å². The molecule has 0 aliphatic heterocycles. The van der Waals surface area contributed by atoms with Crippen molar-refractivity contribution in [3.8, 4) is 0 Å². The lowest BCUT2D eigenvalue weighted by atomic mass is 9.95. The number of rotatable bonds is 22. The summed E-state index contributed by atoms with van der Waals surface area (Å²) in [4.78, 5) is 45.5. The number of carboxylic acids is 1. The summed E-state index contributed by atoms with van der Waals surface area (Å²) in [6, 6.07) is 0. The van der Waals surface area contributed by atoms with Crippen molar-refractivity contribution in [3.63, 3.8) is 0 Å². The highest BCUT2D eigenvalue weighted by molar-refractivity contribution is 5.92. The van der Waals surface area contributed by atoms with Crippen LogP contribution in [0.5, 0.6) is 0 Å². The Balaban J connectivity index is 3.79. The van der Waals surface area contributed by atoms with Crippen LogP contribution in [-0.4, -0.2) is 46.3 Å². The van der Waals surface area contributed by atoms with Gasteiger partial charge in [-0.3, -0.25) is 14.4 Å². The largest absolute Gasteiger partial charge is 0.481 e. The number of carbonyl (C=O) groups excluding carboxylic acids is 3. The van der Waals surface area contributed by atoms with E-state index < -0.39 is 42.3 Å². The van der Waals surface area contributed by atoms with E-state index in [4.69, 9.17) is 9.84 Å². The Hall–Kier alpha value is -1.96. The maximum Gasteiger partial charge on any atom is 0.339 e. The molecule has 0 saturated carbocycles. The summed E-state index contributed by atoms with van der Waals surface area (Å²) in [5.74, 6) is -4.77. The standard InChI is InChI=1S/C26H46O8/c1-3-4-5-6-7-8-9-10-11-12-13-14-15-16-17-18-19-33-25(31)26(32,20-23(28)29)21-24(30)34-22(2)27/h32H,3-21H2,1-2H3,(H,28,29). The molecule has 0 spiro atoms. The third-order valence-corrected chi connectivity index (χ3v) is 5.75. The van der Waals surface area contributed by atoms with Gasteiger partial charge in [0.15, 0.2) is 5.60 Å². The van der Waals surface area contributed by atoms with Crippen molar-refractivity contribution in [2.24, 2.45) is 0 Å². The third kappa shape index (κ3) is 18.5. The van der Waals surface area contributed by atoms with E-state index in [2.05, 4.69) is 11.7 Å². The molecule has 0 aromatic carbocycles. The number of unbranched alkanes of at least 4 members (excludes halogenated alkanes) is 15. The molecule has 1 atom stereocenters. The van der Waals surface area contributed by atoms with E-state index in [9.17, 15) is 24.3 Å². The first-order valence-electron chi connectivity index (χ1n) is 13.0. The van der Waals surface area contributed by atoms with Crippen LogP contribution in [0.1, 0.15) is 129 Å². The molecule has 0 aromatic rings. The van der Waals surface area contributed by atoms with Gasteiger partial charge in [0.1, 0.15) is 0 Å². The van der Waals surface area contributed by atoms with Gasteiger partial charge in [-0.05, 0) is 6.42 Å². The number of carbonyl (C=O) groups is 4. The van der Waals surface area contributed by atoms with Crippen LogP contribution in [0.15, 0.2) is 0 Å². The van der Waals surface area contributed by atoms with Crippen molar-refractivity contribution < 1.29 is 38.9 Å². The number of aliphatic hydroxyl groups is 1. The van der Waals surface area contributed by atoms with E-state index in [-0.39, 0.29) is 6.61 Å². The Bertz CT molecular complexity index is 589. The Labute approximate surface area is 204 Å². The minimum atomic E-state index is -2.56. The SMILES string of the molecule is CCCCCCCCCCCCCCCCCCOC(=O)C(O)(CC(=O)O)CC(=O)OC(C)=O. The Morgan fingerprint density at radius 1 is 0.676 bits per heavy atom. The molecule has 2 N–H and O–H groups in total. The molecule has 8 nitrogen and oxygen atoms in total. The molecule has 0 rings (SSSR count). The van der Waals surface area contributed by atoms with Gasteiger partial charge in [0.2, 0.25) is 0 Å². The zero-order chi connectivity index (χ0) is 25.7. The van der Waals surface area contributed by atoms with Gasteiger partial charge in [-0.2, -0.15) is 0 Å². The summed E-state index contributed by atoms with van der Waals surface area (Å²) in [5.41, 5.74) is -2.56. The van der Waals surface area contributed by atoms with Crippen molar-refractivity contribution >= 4 is 23.9 Å². The molecular formula is C26H46O8. The first-order valence-corrected chi connectivity index (χ1v) is 13.0. The first kappa shape index (κ1) is 32.0. The van der Waals surface area contributed by atoms with Gasteiger partial charge in [0.25, 0.3) is 0 Å². The molecule has 0 fully saturated rings. The molecule has 34 heavy (non-hydrogen) atoms. The van der Waals surface area contributed by atoms with Crippen LogP contribution < -0.4 is 0 Å². The van der Waals surface area contributed by atoms with Gasteiger partial charge in [0.05, 0.1) is 19.4 Å². The van der Waals surface area contributed by atoms with Crippen LogP contribution in [0, 0.1) is 0 Å². The molecule has 0 aromatic heterocycles. The van der Waals surface area contributed by atoms with Crippen LogP contribution in [-0.2, 0) is 28.7 Å². The summed E-state index contributed by atoms with van der Waals surface area (Å²) in [5, 5.41) is 19.2. The summed E-state index contributed by atoms with van der Waals surface area (Å²) in [6.45, 7) is 3.26. The van der Waals surface area contributed by atoms with E-state index in [1.165, 1.54) is 77.0 Å². The molecule has 1 unspecified atom stereocenters. The number of hydrogen-bond donors (Lipinski definition) is 2. The lowest BCUT2D eigenvalue weighted by Crippen LogP contribution is -2.44. The monoisotopic (exact) mass is 486 g/mol. The molecule has 0 heterocycles. The van der Waals surface area contributed by atoms with Gasteiger partial charge in [-0.25, -0.2) is 4.79 Å². The van der Waals surface area contributed by atoms with Crippen LogP contribution >= 0.6 is 0 Å². The van der Waals surface area contributed by atoms with E-state index in [1.807, 2.05) is 0 Å². The van der Waals surface area contributed by atoms with Gasteiger partial charge in [0, 0.05) is 6.92 Å². The highest BCUT2D eigenvalue weighted by Crippen LogP contribution is 2.20. The lowest BCUT2D eigenvalue weighted by Gasteiger charge is -2.23. The Kier molecular flexibility index (Phi) is 19.2. The Morgan fingerprint density at radius 3 is 1.47 bits per heavy atom. The smallest absolute Gasteiger partial charge is 0.339 e. The predicted molar refractivity (Wildman–Crippen MR) is 129 cm³/mol. The molecule has 0 aliphatic carbocycles. The average Bonchev–Trinajstić information content (AvgIpc) is 2.74. The fourth-order valence-corrected chi connectivity index (χ4v) is 3.84. The van der Waals surface area contributed by atoms with E-state index in [0.29, 0.717) is 6.42 Å². The maximum atomic E-state index is 12.2. The maximum absolute atomic E-state index is 12.2. The number of esters is 3. The van der Waals surface area contributed by atoms with Crippen molar-refractivity contribution in [2.45, 2.75) is 135 Å². The fraction of sp³-hybridized carbons (Fsp3) is 0.846. The lowest BCUT2D eigenvalue weighted by molar-refractivity contribution is -0.178. The average molecular weight is 487 g/mol. The highest BCUT2D eigenvalue weighted by atomic mass is 16.6. The normalized spacial score (nSPS) is 12.7. The van der Waals surface area contributed by atoms with Gasteiger partial charge in [-0.1, -0.05) is 103 Å². The predicted octanol–water partition coefficient (Wildman–Crippen LogP) is 5.48. The highest BCUT2D eigenvalue weighted by Gasteiger charge is 2.43. The van der Waals surface area contributed by atoms with E-state index >= 15 is 0 Å². The summed E-state index contributed by atoms with van der Waals surface area (Å²) in [6.07, 6.45) is 17.5. The van der Waals surface area contributed by atoms with Crippen LogP contribution in [0.25, 0.3) is 0 Å². The van der Waals surface area contributed by atoms with E-state index in [0.717, 1.165) is 26.2 Å². The zero-order valence-electron chi connectivity index (χ0n) is 21.3. The number of hydrogen-bond acceptors (Lipinski definition) is 7. The Morgan fingerprint density at radius 2 is 1.09 bits per heavy atom. The van der Waals surface area contributed by atoms with E-state index in [1.54, 1.807) is 0 Å². The summed E-state index contributed by atoms with van der Waals surface area (Å²) >= 11 is 0. The van der Waals surface area contributed by atoms with Crippen LogP contribution in [0.4, 0.5) is 0 Å². The minimum Gasteiger partial charge on any atom is -0.481 e. The number of ether oxygens (including phenoxy) is 2. The molecule has 0 amide bonds. The second kappa shape index (κ2) is 20.4. The third-order valence-electron chi connectivity index (χ3n) is 5.75. The van der Waals surface area contributed by atoms with Crippen LogP contribution in [0.3, 0.4) is 0 Å². The van der Waals surface area contributed by atoms with Crippen molar-refractivity contribution in [2.75, 3.05) is 6.61 Å². The summed E-state index contributed by atoms with van der Waals surface area (Å²) in [7, 11) is 0. The molecule has 0 radical (unpaired) electrons. The van der Waals surface area contributed by atoms with Gasteiger partial charge in [-0.15, -0.1) is 0 Å². The fourth-order valence-electron chi connectivity index (χ4n) is 3.84. The molecular weight excluding hydrogens is 440 g/mol. The first-order chi connectivity index (χ1) is 16.2. The van der Waals surface area contributed by atoms with Gasteiger partial charge >= 0.3 is 23.9 Å². The summed E-state index contributed by atoms with van der Waals surface area (Å²) < 4.78 is 9.27. The topological polar surface area (TPSA) is 127 Å². The molecule has 0 bridgehead atoms. The minimum absolute atomic E-state index is 0.0287. The number of aliphatic carboxylic acids is 1. The van der Waals surface area contributed by atoms with Gasteiger partial charge < -0.3 is 19.7 Å². The van der Waals surface area contributed by atoms with Crippen molar-refractivity contribution in [3.05, 3.63) is 0 Å². The molecule has 0 aliphatic rings. The van der Waals surface area contributed by atoms with Crippen LogP contribution in [0.2, 0.25) is 0 Å². The zero-order valence-corrected chi connectivity index (χ0v) is 21.3. The molecule has 0 saturated heterocycles. The second-order valence-corrected chi connectivity index (χ2v) is 9.18.